The normalized spacial score (nSPS) is 14.1. The van der Waals surface area contributed by atoms with Gasteiger partial charge in [-0.05, 0) is 44.0 Å². The van der Waals surface area contributed by atoms with Gasteiger partial charge in [-0.3, -0.25) is 4.79 Å². The summed E-state index contributed by atoms with van der Waals surface area (Å²) in [7, 11) is 0. The molecule has 1 amide bonds. The Morgan fingerprint density at radius 2 is 1.70 bits per heavy atom. The van der Waals surface area contributed by atoms with Crippen LogP contribution >= 0.6 is 11.6 Å². The highest BCUT2D eigenvalue weighted by molar-refractivity contribution is 6.30. The van der Waals surface area contributed by atoms with Gasteiger partial charge < -0.3 is 19.5 Å². The number of amides is 1. The maximum atomic E-state index is 13.5. The molecule has 0 saturated carbocycles. The summed E-state index contributed by atoms with van der Waals surface area (Å²) in [6.07, 6.45) is 0. The van der Waals surface area contributed by atoms with Gasteiger partial charge in [0.05, 0.1) is 13.2 Å². The number of halogens is 1. The molecule has 1 aliphatic heterocycles. The van der Waals surface area contributed by atoms with Crippen LogP contribution in [0.2, 0.25) is 5.02 Å². The number of hydrogen-bond donors (Lipinski definition) is 1. The largest absolute Gasteiger partial charge is 0.378 e. The second-order valence-corrected chi connectivity index (χ2v) is 7.98. The van der Waals surface area contributed by atoms with Crippen LogP contribution in [0.25, 0.3) is 11.3 Å². The number of morpholine rings is 1. The van der Waals surface area contributed by atoms with Gasteiger partial charge in [-0.15, -0.1) is 0 Å². The number of aromatic nitrogens is 1. The van der Waals surface area contributed by atoms with Crippen LogP contribution in [0.1, 0.15) is 27.0 Å². The minimum atomic E-state index is -0.252. The van der Waals surface area contributed by atoms with Crippen LogP contribution in [0, 0.1) is 20.8 Å². The molecule has 1 aromatic heterocycles. The molecule has 2 aromatic carbocycles. The highest BCUT2D eigenvalue weighted by Crippen LogP contribution is 2.34. The summed E-state index contributed by atoms with van der Waals surface area (Å²) in [6.45, 7) is 8.46. The molecular formula is C23H24ClN3O3. The first-order valence-electron chi connectivity index (χ1n) is 9.91. The van der Waals surface area contributed by atoms with Crippen LogP contribution in [0.4, 0.5) is 11.6 Å². The monoisotopic (exact) mass is 425 g/mol. The molecule has 2 heterocycles. The van der Waals surface area contributed by atoms with Gasteiger partial charge in [0, 0.05) is 29.4 Å². The van der Waals surface area contributed by atoms with Crippen molar-refractivity contribution in [2.75, 3.05) is 36.5 Å². The van der Waals surface area contributed by atoms with E-state index in [9.17, 15) is 4.79 Å². The van der Waals surface area contributed by atoms with Crippen LogP contribution in [0.5, 0.6) is 0 Å². The number of hydrogen-bond acceptors (Lipinski definition) is 5. The fourth-order valence-electron chi connectivity index (χ4n) is 3.83. The zero-order valence-electron chi connectivity index (χ0n) is 17.3. The number of nitrogens with zero attached hydrogens (tertiary/aromatic N) is 2. The Kier molecular flexibility index (Phi) is 5.79. The van der Waals surface area contributed by atoms with E-state index >= 15 is 0 Å². The highest BCUT2D eigenvalue weighted by atomic mass is 35.5. The molecule has 1 saturated heterocycles. The van der Waals surface area contributed by atoms with Crippen molar-refractivity contribution in [2.45, 2.75) is 20.8 Å². The molecule has 0 spiro atoms. The molecule has 1 aliphatic rings. The van der Waals surface area contributed by atoms with Crippen molar-refractivity contribution in [1.82, 2.24) is 5.16 Å². The number of anilines is 2. The third kappa shape index (κ3) is 4.06. The highest BCUT2D eigenvalue weighted by Gasteiger charge is 2.29. The van der Waals surface area contributed by atoms with Crippen molar-refractivity contribution < 1.29 is 14.1 Å². The van der Waals surface area contributed by atoms with E-state index in [-0.39, 0.29) is 5.91 Å². The molecule has 0 bridgehead atoms. The SMILES string of the molecule is Cc1cc(C)c(NC(=O)c2c(-c3ccc(Cl)cc3)noc2N2CCOCC2)c(C)c1. The molecule has 0 aliphatic carbocycles. The van der Waals surface area contributed by atoms with Gasteiger partial charge in [0.15, 0.2) is 0 Å². The summed E-state index contributed by atoms with van der Waals surface area (Å²) >= 11 is 6.04. The minimum absolute atomic E-state index is 0.252. The Morgan fingerprint density at radius 3 is 2.33 bits per heavy atom. The first-order chi connectivity index (χ1) is 14.4. The van der Waals surface area contributed by atoms with Crippen molar-refractivity contribution in [1.29, 1.82) is 0 Å². The first-order valence-corrected chi connectivity index (χ1v) is 10.3. The van der Waals surface area contributed by atoms with Crippen molar-refractivity contribution in [3.63, 3.8) is 0 Å². The van der Waals surface area contributed by atoms with Gasteiger partial charge in [0.25, 0.3) is 5.91 Å². The number of ether oxygens (including phenoxy) is 1. The summed E-state index contributed by atoms with van der Waals surface area (Å²) < 4.78 is 11.1. The molecule has 0 radical (unpaired) electrons. The average molecular weight is 426 g/mol. The van der Waals surface area contributed by atoms with Gasteiger partial charge in [-0.2, -0.15) is 0 Å². The molecule has 156 valence electrons. The van der Waals surface area contributed by atoms with E-state index in [1.54, 1.807) is 12.1 Å². The van der Waals surface area contributed by atoms with E-state index in [2.05, 4.69) is 22.6 Å². The summed E-state index contributed by atoms with van der Waals surface area (Å²) in [4.78, 5) is 15.5. The molecule has 7 heteroatoms. The van der Waals surface area contributed by atoms with E-state index in [1.807, 2.05) is 37.8 Å². The molecule has 3 aromatic rings. The van der Waals surface area contributed by atoms with Crippen molar-refractivity contribution in [2.24, 2.45) is 0 Å². The van der Waals surface area contributed by atoms with Crippen LogP contribution in [0.15, 0.2) is 40.9 Å². The van der Waals surface area contributed by atoms with Gasteiger partial charge in [0.2, 0.25) is 5.88 Å². The first kappa shape index (κ1) is 20.4. The van der Waals surface area contributed by atoms with Crippen molar-refractivity contribution >= 4 is 29.1 Å². The molecule has 0 unspecified atom stereocenters. The third-order valence-corrected chi connectivity index (χ3v) is 5.48. The van der Waals surface area contributed by atoms with Gasteiger partial charge in [-0.25, -0.2) is 0 Å². The Bertz CT molecular complexity index is 1050. The summed E-state index contributed by atoms with van der Waals surface area (Å²) in [5, 5.41) is 7.96. The molecule has 6 nitrogen and oxygen atoms in total. The Balaban J connectivity index is 1.76. The van der Waals surface area contributed by atoms with E-state index in [0.29, 0.717) is 48.5 Å². The lowest BCUT2D eigenvalue weighted by atomic mass is 10.0. The number of rotatable bonds is 4. The Hall–Kier alpha value is -2.83. The molecular weight excluding hydrogens is 402 g/mol. The van der Waals surface area contributed by atoms with Crippen molar-refractivity contribution in [3.8, 4) is 11.3 Å². The fraction of sp³-hybridized carbons (Fsp3) is 0.304. The molecule has 1 N–H and O–H groups in total. The van der Waals surface area contributed by atoms with E-state index in [4.69, 9.17) is 20.9 Å². The smallest absolute Gasteiger partial charge is 0.263 e. The number of nitrogens with one attached hydrogen (secondary N) is 1. The Morgan fingerprint density at radius 1 is 1.07 bits per heavy atom. The summed E-state index contributed by atoms with van der Waals surface area (Å²) in [6, 6.07) is 11.3. The predicted octanol–water partition coefficient (Wildman–Crippen LogP) is 5.01. The zero-order valence-corrected chi connectivity index (χ0v) is 18.0. The summed E-state index contributed by atoms with van der Waals surface area (Å²) in [5.74, 6) is 0.209. The molecule has 0 atom stereocenters. The fourth-order valence-corrected chi connectivity index (χ4v) is 3.95. The molecule has 4 rings (SSSR count). The van der Waals surface area contributed by atoms with Gasteiger partial charge in [-0.1, -0.05) is 46.6 Å². The second kappa shape index (κ2) is 8.50. The maximum absolute atomic E-state index is 13.5. The predicted molar refractivity (Wildman–Crippen MR) is 119 cm³/mol. The molecule has 1 fully saturated rings. The van der Waals surface area contributed by atoms with Crippen LogP contribution < -0.4 is 10.2 Å². The second-order valence-electron chi connectivity index (χ2n) is 7.55. The van der Waals surface area contributed by atoms with Crippen LogP contribution in [-0.4, -0.2) is 37.4 Å². The average Bonchev–Trinajstić information content (AvgIpc) is 3.17. The standard InChI is InChI=1S/C23H24ClN3O3/c1-14-12-15(2)20(16(3)13-14)25-22(28)19-21(17-4-6-18(24)7-5-17)26-30-23(19)27-8-10-29-11-9-27/h4-7,12-13H,8-11H2,1-3H3,(H,25,28). The number of carbonyl (C=O) groups is 1. The lowest BCUT2D eigenvalue weighted by molar-refractivity contribution is 0.102. The number of carbonyl (C=O) groups excluding carboxylic acids is 1. The number of benzene rings is 2. The maximum Gasteiger partial charge on any atom is 0.263 e. The molecule has 30 heavy (non-hydrogen) atoms. The third-order valence-electron chi connectivity index (χ3n) is 5.23. The van der Waals surface area contributed by atoms with E-state index in [1.165, 1.54) is 0 Å². The minimum Gasteiger partial charge on any atom is -0.378 e. The van der Waals surface area contributed by atoms with Gasteiger partial charge >= 0.3 is 0 Å². The lowest BCUT2D eigenvalue weighted by Gasteiger charge is -2.26. The van der Waals surface area contributed by atoms with Crippen LogP contribution in [-0.2, 0) is 4.74 Å². The lowest BCUT2D eigenvalue weighted by Crippen LogP contribution is -2.37. The van der Waals surface area contributed by atoms with Crippen LogP contribution in [0.3, 0.4) is 0 Å². The summed E-state index contributed by atoms with van der Waals surface area (Å²) in [5.41, 5.74) is 5.67. The topological polar surface area (TPSA) is 67.6 Å². The van der Waals surface area contributed by atoms with E-state index < -0.39 is 0 Å². The number of aryl methyl sites for hydroxylation is 3. The van der Waals surface area contributed by atoms with E-state index in [0.717, 1.165) is 27.9 Å². The zero-order chi connectivity index (χ0) is 21.3. The Labute approximate surface area is 180 Å². The van der Waals surface area contributed by atoms with Crippen molar-refractivity contribution in [3.05, 3.63) is 63.7 Å². The van der Waals surface area contributed by atoms with Gasteiger partial charge in [0.1, 0.15) is 11.3 Å². The quantitative estimate of drug-likeness (QED) is 0.636.